The van der Waals surface area contributed by atoms with E-state index in [4.69, 9.17) is 4.69 Å². The Morgan fingerprint density at radius 3 is 0.680 bits per heavy atom. The molecule has 6 rings (SSSR count). The molecule has 0 atom stereocenters. The monoisotopic (exact) mass is 717 g/mol. The summed E-state index contributed by atoms with van der Waals surface area (Å²) in [5.74, 6) is 0. The van der Waals surface area contributed by atoms with Gasteiger partial charge in [0.05, 0.1) is 0 Å². The molecular formula is C48H53GeN. The summed E-state index contributed by atoms with van der Waals surface area (Å²) in [4.78, 5) is 0. The number of aryl methyl sites for hydroxylation is 12. The Bertz CT molecular complexity index is 1900. The maximum atomic E-state index is 8.18. The fourth-order valence-electron chi connectivity index (χ4n) is 9.24. The van der Waals surface area contributed by atoms with Crippen molar-refractivity contribution in [2.75, 3.05) is 0 Å². The zero-order valence-corrected chi connectivity index (χ0v) is 34.7. The molecule has 0 aliphatic heterocycles. The van der Waals surface area contributed by atoms with Crippen LogP contribution >= 0.6 is 0 Å². The van der Waals surface area contributed by atoms with E-state index in [-0.39, 0.29) is 0 Å². The summed E-state index contributed by atoms with van der Waals surface area (Å²) < 4.78 is 10.9. The first-order valence-electron chi connectivity index (χ1n) is 18.0. The summed E-state index contributed by atoms with van der Waals surface area (Å²) in [6.45, 7) is 26.9. The molecule has 1 nitrogen and oxygen atoms in total. The summed E-state index contributed by atoms with van der Waals surface area (Å²) >= 11 is -3.19. The second-order valence-corrected chi connectivity index (χ2v) is 19.5. The zero-order chi connectivity index (χ0) is 36.2. The summed E-state index contributed by atoms with van der Waals surface area (Å²) in [7, 11) is 0. The molecule has 254 valence electrons. The van der Waals surface area contributed by atoms with Gasteiger partial charge in [-0.05, 0) is 0 Å². The number of hydrogen-bond acceptors (Lipinski definition) is 1. The van der Waals surface area contributed by atoms with Crippen molar-refractivity contribution in [2.24, 2.45) is 4.69 Å². The third-order valence-corrected chi connectivity index (χ3v) is 15.8. The maximum absolute atomic E-state index is 8.18. The van der Waals surface area contributed by atoms with Crippen LogP contribution in [0.5, 0.6) is 0 Å². The molecule has 2 heteroatoms. The van der Waals surface area contributed by atoms with Gasteiger partial charge in [0.25, 0.3) is 0 Å². The quantitative estimate of drug-likeness (QED) is 0.171. The van der Waals surface area contributed by atoms with Crippen LogP contribution in [0, 0.1) is 83.1 Å². The molecule has 0 heterocycles. The van der Waals surface area contributed by atoms with E-state index < -0.39 is 14.6 Å². The summed E-state index contributed by atoms with van der Waals surface area (Å²) in [5, 5.41) is 0. The Morgan fingerprint density at radius 1 is 0.320 bits per heavy atom. The van der Waals surface area contributed by atoms with Crippen LogP contribution in [0.25, 0.3) is 44.5 Å². The fraction of sp³-hybridized carbons (Fsp3) is 0.250. The van der Waals surface area contributed by atoms with Crippen LogP contribution in [-0.2, 0) is 0 Å². The van der Waals surface area contributed by atoms with Gasteiger partial charge >= 0.3 is 307 Å². The molecule has 0 radical (unpaired) electrons. The van der Waals surface area contributed by atoms with Gasteiger partial charge in [-0.1, -0.05) is 0 Å². The van der Waals surface area contributed by atoms with Crippen molar-refractivity contribution in [2.45, 2.75) is 83.1 Å². The third kappa shape index (κ3) is 6.43. The Balaban J connectivity index is 1.81. The number of nitrogens with two attached hydrogens (primary N) is 1. The molecule has 0 spiro atoms. The van der Waals surface area contributed by atoms with E-state index >= 15 is 0 Å². The second kappa shape index (κ2) is 13.9. The molecule has 0 aliphatic rings. The van der Waals surface area contributed by atoms with Gasteiger partial charge in [-0.3, -0.25) is 0 Å². The van der Waals surface area contributed by atoms with Crippen molar-refractivity contribution in [1.29, 1.82) is 0 Å². The van der Waals surface area contributed by atoms with Crippen molar-refractivity contribution < 1.29 is 0 Å². The van der Waals surface area contributed by atoms with Crippen LogP contribution in [0.1, 0.15) is 66.8 Å². The molecule has 0 bridgehead atoms. The first kappa shape index (κ1) is 35.6. The molecule has 0 aliphatic carbocycles. The van der Waals surface area contributed by atoms with E-state index in [1.54, 1.807) is 0 Å². The van der Waals surface area contributed by atoms with Crippen LogP contribution in [0.2, 0.25) is 0 Å². The zero-order valence-electron chi connectivity index (χ0n) is 32.2. The molecule has 6 aromatic rings. The fourth-order valence-corrected chi connectivity index (χ4v) is 14.7. The molecule has 0 amide bonds. The Hall–Kier alpha value is -4.18. The predicted octanol–water partition coefficient (Wildman–Crippen LogP) is 10.9. The molecule has 0 fully saturated rings. The van der Waals surface area contributed by atoms with Gasteiger partial charge in [0.2, 0.25) is 0 Å². The molecule has 0 unspecified atom stereocenters. The molecule has 50 heavy (non-hydrogen) atoms. The molecule has 0 aromatic heterocycles. The number of benzene rings is 6. The second-order valence-electron chi connectivity index (χ2n) is 15.1. The minimum absolute atomic E-state index is 1.29. The van der Waals surface area contributed by atoms with E-state index in [9.17, 15) is 0 Å². The van der Waals surface area contributed by atoms with Crippen molar-refractivity contribution in [3.8, 4) is 44.5 Å². The molecule has 0 saturated carbocycles. The van der Waals surface area contributed by atoms with Gasteiger partial charge < -0.3 is 0 Å². The Kier molecular flexibility index (Phi) is 9.88. The minimum atomic E-state index is -3.19. The normalized spacial score (nSPS) is 11.5. The SMILES string of the molecule is Cc1cc(C)c(-c2cccc(-c3c(C)cc(C)cc3C)[c]2[GeH]([NH2])[c]2c(-c3c(C)cc(C)cc3C)cccc2-c2c(C)cc(C)cc2C)c(C)c1. The van der Waals surface area contributed by atoms with Crippen LogP contribution in [0.4, 0.5) is 0 Å². The molecule has 0 saturated heterocycles. The predicted molar refractivity (Wildman–Crippen MR) is 222 cm³/mol. The van der Waals surface area contributed by atoms with E-state index in [1.807, 2.05) is 0 Å². The van der Waals surface area contributed by atoms with E-state index in [2.05, 4.69) is 168 Å². The number of rotatable bonds is 6. The van der Waals surface area contributed by atoms with E-state index in [1.165, 1.54) is 120 Å². The van der Waals surface area contributed by atoms with Crippen LogP contribution in [-0.4, -0.2) is 14.6 Å². The van der Waals surface area contributed by atoms with Gasteiger partial charge in [0.1, 0.15) is 0 Å². The van der Waals surface area contributed by atoms with Crippen LogP contribution in [0.15, 0.2) is 84.9 Å². The Morgan fingerprint density at radius 2 is 0.500 bits per heavy atom. The van der Waals surface area contributed by atoms with Crippen molar-refractivity contribution in [1.82, 2.24) is 0 Å². The van der Waals surface area contributed by atoms with Gasteiger partial charge in [-0.2, -0.15) is 0 Å². The number of hydrogen-bond donors (Lipinski definition) is 1. The van der Waals surface area contributed by atoms with Crippen molar-refractivity contribution >= 4 is 23.4 Å². The molecule has 2 N–H and O–H groups in total. The van der Waals surface area contributed by atoms with Gasteiger partial charge in [-0.15, -0.1) is 0 Å². The van der Waals surface area contributed by atoms with Crippen molar-refractivity contribution in [3.05, 3.63) is 152 Å². The standard InChI is InChI=1S/C48H53GeN/c1-27-19-31(5)43(32(6)20-27)39-15-13-16-40(44-33(7)21-28(2)22-34(44)8)47(39)49(50)48-41(45-35(9)23-29(3)24-36(45)10)17-14-18-42(48)46-37(11)25-30(4)26-38(46)12/h13-26,49H,50H2,1-12H3. The third-order valence-electron chi connectivity index (χ3n) is 10.6. The van der Waals surface area contributed by atoms with Gasteiger partial charge in [-0.25, -0.2) is 0 Å². The van der Waals surface area contributed by atoms with E-state index in [0.717, 1.165) is 0 Å². The van der Waals surface area contributed by atoms with Crippen LogP contribution < -0.4 is 13.5 Å². The Labute approximate surface area is 306 Å². The average Bonchev–Trinajstić information content (AvgIpc) is 2.99. The topological polar surface area (TPSA) is 26.0 Å². The molecular weight excluding hydrogens is 663 g/mol. The summed E-state index contributed by atoms with van der Waals surface area (Å²) in [5.41, 5.74) is 26.0. The molecule has 6 aromatic carbocycles. The van der Waals surface area contributed by atoms with Crippen LogP contribution in [0.3, 0.4) is 0 Å². The first-order valence-corrected chi connectivity index (χ1v) is 21.8. The van der Waals surface area contributed by atoms with Gasteiger partial charge in [0, 0.05) is 0 Å². The van der Waals surface area contributed by atoms with Gasteiger partial charge in [0.15, 0.2) is 0 Å². The van der Waals surface area contributed by atoms with E-state index in [0.29, 0.717) is 0 Å². The average molecular weight is 717 g/mol. The van der Waals surface area contributed by atoms with Crippen molar-refractivity contribution in [3.63, 3.8) is 0 Å². The summed E-state index contributed by atoms with van der Waals surface area (Å²) in [6, 6.07) is 32.6. The first-order chi connectivity index (χ1) is 23.7. The summed E-state index contributed by atoms with van der Waals surface area (Å²) in [6.07, 6.45) is 0.